The molecule has 7 heteroatoms. The van der Waals surface area contributed by atoms with E-state index in [1.165, 1.54) is 11.3 Å². The molecule has 1 aromatic carbocycles. The van der Waals surface area contributed by atoms with E-state index >= 15 is 0 Å². The van der Waals surface area contributed by atoms with Gasteiger partial charge in [-0.1, -0.05) is 18.2 Å². The molecule has 0 spiro atoms. The first kappa shape index (κ1) is 14.2. The minimum atomic E-state index is -0.474. The third-order valence-corrected chi connectivity index (χ3v) is 4.11. The van der Waals surface area contributed by atoms with Gasteiger partial charge in [-0.15, -0.1) is 11.3 Å². The SMILES string of the molecule is Cc1ccsc1/C=N/NC(=O)c1n[nH]c(=O)c2ccccc12. The zero-order valence-corrected chi connectivity index (χ0v) is 12.5. The second kappa shape index (κ2) is 5.90. The maximum absolute atomic E-state index is 12.2. The number of carbonyl (C=O) groups is 1. The fraction of sp³-hybridized carbons (Fsp3) is 0.0667. The summed E-state index contributed by atoms with van der Waals surface area (Å²) in [5.74, 6) is -0.474. The number of fused-ring (bicyclic) bond motifs is 1. The summed E-state index contributed by atoms with van der Waals surface area (Å²) in [6, 6.07) is 8.78. The number of aromatic amines is 1. The van der Waals surface area contributed by atoms with E-state index in [1.807, 2.05) is 18.4 Å². The van der Waals surface area contributed by atoms with Crippen molar-refractivity contribution in [3.8, 4) is 0 Å². The van der Waals surface area contributed by atoms with Crippen LogP contribution in [0.2, 0.25) is 0 Å². The van der Waals surface area contributed by atoms with E-state index in [4.69, 9.17) is 0 Å². The van der Waals surface area contributed by atoms with Gasteiger partial charge in [-0.05, 0) is 30.0 Å². The van der Waals surface area contributed by atoms with Crippen LogP contribution in [-0.4, -0.2) is 22.3 Å². The maximum Gasteiger partial charge on any atom is 0.292 e. The van der Waals surface area contributed by atoms with E-state index in [2.05, 4.69) is 20.7 Å². The number of H-pyrrole nitrogens is 1. The van der Waals surface area contributed by atoms with E-state index in [1.54, 1.807) is 30.5 Å². The minimum absolute atomic E-state index is 0.134. The summed E-state index contributed by atoms with van der Waals surface area (Å²) in [5, 5.41) is 12.9. The number of hydrogen-bond donors (Lipinski definition) is 2. The van der Waals surface area contributed by atoms with Gasteiger partial charge in [0.2, 0.25) is 0 Å². The number of hydrogen-bond acceptors (Lipinski definition) is 5. The Labute approximate surface area is 129 Å². The zero-order valence-electron chi connectivity index (χ0n) is 11.7. The maximum atomic E-state index is 12.2. The molecule has 0 unspecified atom stereocenters. The summed E-state index contributed by atoms with van der Waals surface area (Å²) in [7, 11) is 0. The first-order valence-corrected chi connectivity index (χ1v) is 7.39. The number of thiophene rings is 1. The van der Waals surface area contributed by atoms with Crippen LogP contribution in [0.1, 0.15) is 20.9 Å². The van der Waals surface area contributed by atoms with Crippen LogP contribution in [0.25, 0.3) is 10.8 Å². The molecule has 0 bridgehead atoms. The summed E-state index contributed by atoms with van der Waals surface area (Å²) in [6.45, 7) is 1.97. The topological polar surface area (TPSA) is 87.2 Å². The highest BCUT2D eigenvalue weighted by atomic mass is 32.1. The first-order chi connectivity index (χ1) is 10.7. The molecule has 0 saturated carbocycles. The number of benzene rings is 1. The van der Waals surface area contributed by atoms with Gasteiger partial charge >= 0.3 is 0 Å². The molecule has 2 N–H and O–H groups in total. The van der Waals surface area contributed by atoms with Gasteiger partial charge in [0.25, 0.3) is 11.5 Å². The van der Waals surface area contributed by atoms with Crippen molar-refractivity contribution in [1.82, 2.24) is 15.6 Å². The molecule has 0 radical (unpaired) electrons. The summed E-state index contributed by atoms with van der Waals surface area (Å²) in [4.78, 5) is 24.8. The molecule has 6 nitrogen and oxygen atoms in total. The normalized spacial score (nSPS) is 11.1. The molecule has 1 amide bonds. The molecule has 2 heterocycles. The predicted molar refractivity (Wildman–Crippen MR) is 86.5 cm³/mol. The van der Waals surface area contributed by atoms with Crippen molar-refractivity contribution in [2.24, 2.45) is 5.10 Å². The van der Waals surface area contributed by atoms with Crippen molar-refractivity contribution in [3.63, 3.8) is 0 Å². The largest absolute Gasteiger partial charge is 0.292 e. The second-order valence-corrected chi connectivity index (χ2v) is 5.56. The van der Waals surface area contributed by atoms with Crippen LogP contribution in [0.4, 0.5) is 0 Å². The molecule has 2 aromatic heterocycles. The highest BCUT2D eigenvalue weighted by Crippen LogP contribution is 2.13. The highest BCUT2D eigenvalue weighted by molar-refractivity contribution is 7.11. The van der Waals surface area contributed by atoms with Crippen LogP contribution >= 0.6 is 11.3 Å². The Balaban J connectivity index is 1.87. The van der Waals surface area contributed by atoms with Crippen molar-refractivity contribution in [1.29, 1.82) is 0 Å². The van der Waals surface area contributed by atoms with Gasteiger partial charge in [0, 0.05) is 10.3 Å². The number of amides is 1. The molecule has 0 aliphatic heterocycles. The molecule has 3 rings (SSSR count). The molecule has 110 valence electrons. The quantitative estimate of drug-likeness (QED) is 0.573. The third kappa shape index (κ3) is 2.66. The van der Waals surface area contributed by atoms with Gasteiger partial charge in [0.05, 0.1) is 11.6 Å². The Morgan fingerprint density at radius 3 is 2.82 bits per heavy atom. The number of carbonyl (C=O) groups excluding carboxylic acids is 1. The third-order valence-electron chi connectivity index (χ3n) is 3.16. The molecule has 0 aliphatic rings. The second-order valence-electron chi connectivity index (χ2n) is 4.61. The summed E-state index contributed by atoms with van der Waals surface area (Å²) in [6.07, 6.45) is 1.59. The Hall–Kier alpha value is -2.80. The van der Waals surface area contributed by atoms with E-state index in [0.717, 1.165) is 10.4 Å². The standard InChI is InChI=1S/C15H12N4O2S/c1-9-6-7-22-12(9)8-16-18-15(21)13-10-4-2-3-5-11(10)14(20)19-17-13/h2-8H,1H3,(H,18,21)(H,19,20)/b16-8+. The monoisotopic (exact) mass is 312 g/mol. The van der Waals surface area contributed by atoms with Gasteiger partial charge in [0.15, 0.2) is 5.69 Å². The molecular formula is C15H12N4O2S. The summed E-state index contributed by atoms with van der Waals surface area (Å²) >= 11 is 1.54. The average molecular weight is 312 g/mol. The number of hydrazone groups is 1. The molecule has 22 heavy (non-hydrogen) atoms. The van der Waals surface area contributed by atoms with E-state index in [-0.39, 0.29) is 11.3 Å². The Kier molecular flexibility index (Phi) is 3.80. The lowest BCUT2D eigenvalue weighted by Crippen LogP contribution is -2.22. The average Bonchev–Trinajstić information content (AvgIpc) is 2.93. The van der Waals surface area contributed by atoms with Crippen molar-refractivity contribution in [2.75, 3.05) is 0 Å². The van der Waals surface area contributed by atoms with Gasteiger partial charge in [0.1, 0.15) is 0 Å². The Bertz CT molecular complexity index is 926. The molecular weight excluding hydrogens is 300 g/mol. The van der Waals surface area contributed by atoms with Crippen LogP contribution in [0.3, 0.4) is 0 Å². The van der Waals surface area contributed by atoms with Gasteiger partial charge in [-0.25, -0.2) is 10.5 Å². The smallest absolute Gasteiger partial charge is 0.267 e. The van der Waals surface area contributed by atoms with Crippen LogP contribution in [0.15, 0.2) is 45.6 Å². The van der Waals surface area contributed by atoms with E-state index in [9.17, 15) is 9.59 Å². The molecule has 0 saturated heterocycles. The van der Waals surface area contributed by atoms with E-state index < -0.39 is 5.91 Å². The number of aromatic nitrogens is 2. The molecule has 0 aliphatic carbocycles. The van der Waals surface area contributed by atoms with Gasteiger partial charge in [-0.2, -0.15) is 10.2 Å². The Morgan fingerprint density at radius 2 is 2.09 bits per heavy atom. The highest BCUT2D eigenvalue weighted by Gasteiger charge is 2.13. The fourth-order valence-corrected chi connectivity index (χ4v) is 2.79. The molecule has 0 fully saturated rings. The van der Waals surface area contributed by atoms with Crippen molar-refractivity contribution in [2.45, 2.75) is 6.92 Å². The lowest BCUT2D eigenvalue weighted by atomic mass is 10.1. The van der Waals surface area contributed by atoms with Gasteiger partial charge < -0.3 is 0 Å². The number of aryl methyl sites for hydroxylation is 1. The van der Waals surface area contributed by atoms with Crippen LogP contribution in [0.5, 0.6) is 0 Å². The summed E-state index contributed by atoms with van der Waals surface area (Å²) < 4.78 is 0. The van der Waals surface area contributed by atoms with Gasteiger partial charge in [-0.3, -0.25) is 9.59 Å². The number of nitrogens with one attached hydrogen (secondary N) is 2. The van der Waals surface area contributed by atoms with Crippen LogP contribution in [0, 0.1) is 6.92 Å². The van der Waals surface area contributed by atoms with Crippen molar-refractivity contribution in [3.05, 3.63) is 62.2 Å². The van der Waals surface area contributed by atoms with Crippen molar-refractivity contribution < 1.29 is 4.79 Å². The lowest BCUT2D eigenvalue weighted by molar-refractivity contribution is 0.0951. The van der Waals surface area contributed by atoms with Crippen LogP contribution in [-0.2, 0) is 0 Å². The number of rotatable bonds is 3. The fourth-order valence-electron chi connectivity index (χ4n) is 2.01. The summed E-state index contributed by atoms with van der Waals surface area (Å²) in [5.41, 5.74) is 3.33. The Morgan fingerprint density at radius 1 is 1.32 bits per heavy atom. The first-order valence-electron chi connectivity index (χ1n) is 6.52. The molecule has 3 aromatic rings. The van der Waals surface area contributed by atoms with E-state index in [0.29, 0.717) is 10.8 Å². The lowest BCUT2D eigenvalue weighted by Gasteiger charge is -2.02. The zero-order chi connectivity index (χ0) is 15.5. The minimum Gasteiger partial charge on any atom is -0.267 e. The van der Waals surface area contributed by atoms with Crippen molar-refractivity contribution >= 4 is 34.2 Å². The predicted octanol–water partition coefficient (Wildman–Crippen LogP) is 2.06. The molecule has 0 atom stereocenters. The van der Waals surface area contributed by atoms with Crippen LogP contribution < -0.4 is 11.0 Å². The number of nitrogens with zero attached hydrogens (tertiary/aromatic N) is 2.